The maximum absolute atomic E-state index is 11.3. The lowest BCUT2D eigenvalue weighted by atomic mass is 10.1. The van der Waals surface area contributed by atoms with Crippen LogP contribution in [0, 0.1) is 0 Å². The summed E-state index contributed by atoms with van der Waals surface area (Å²) in [5.41, 5.74) is 2.83. The van der Waals surface area contributed by atoms with Crippen molar-refractivity contribution in [3.63, 3.8) is 0 Å². The Labute approximate surface area is 129 Å². The molecule has 1 heterocycles. The predicted octanol–water partition coefficient (Wildman–Crippen LogP) is 3.65. The molecule has 108 valence electrons. The van der Waals surface area contributed by atoms with Crippen LogP contribution < -0.4 is 10.2 Å². The molecule has 2 aromatic rings. The lowest BCUT2D eigenvalue weighted by Crippen LogP contribution is -2.09. The molecule has 0 aliphatic rings. The highest BCUT2D eigenvalue weighted by Crippen LogP contribution is 2.27. The molecular weight excluding hydrogens is 294 g/mol. The summed E-state index contributed by atoms with van der Waals surface area (Å²) in [6, 6.07) is 7.74. The third-order valence-electron chi connectivity index (χ3n) is 2.66. The van der Waals surface area contributed by atoms with Crippen LogP contribution in [-0.4, -0.2) is 25.0 Å². The van der Waals surface area contributed by atoms with Crippen molar-refractivity contribution in [1.82, 2.24) is 4.98 Å². The van der Waals surface area contributed by atoms with Crippen LogP contribution in [0.15, 0.2) is 29.6 Å². The van der Waals surface area contributed by atoms with E-state index in [1.807, 2.05) is 55.6 Å². The third-order valence-corrected chi connectivity index (χ3v) is 3.67. The zero-order chi connectivity index (χ0) is 13.8. The van der Waals surface area contributed by atoms with Gasteiger partial charge in [-0.05, 0) is 12.1 Å². The number of benzene rings is 1. The van der Waals surface area contributed by atoms with Crippen LogP contribution in [0.1, 0.15) is 13.3 Å². The maximum atomic E-state index is 11.3. The van der Waals surface area contributed by atoms with E-state index in [0.717, 1.165) is 22.1 Å². The van der Waals surface area contributed by atoms with Crippen molar-refractivity contribution in [3.8, 4) is 11.3 Å². The summed E-state index contributed by atoms with van der Waals surface area (Å²) in [5, 5.41) is 5.85. The largest absolute Gasteiger partial charge is 0.354 e. The van der Waals surface area contributed by atoms with E-state index in [-0.39, 0.29) is 18.3 Å². The average molecular weight is 312 g/mol. The first-order chi connectivity index (χ1) is 9.10. The van der Waals surface area contributed by atoms with Gasteiger partial charge in [0, 0.05) is 37.1 Å². The Kier molecular flexibility index (Phi) is 5.98. The van der Waals surface area contributed by atoms with Crippen LogP contribution in [0.3, 0.4) is 0 Å². The van der Waals surface area contributed by atoms with Crippen LogP contribution in [-0.2, 0) is 4.79 Å². The fourth-order valence-corrected chi connectivity index (χ4v) is 2.34. The first-order valence-electron chi connectivity index (χ1n) is 6.13. The number of amides is 1. The van der Waals surface area contributed by atoms with Crippen molar-refractivity contribution < 1.29 is 4.79 Å². The highest BCUT2D eigenvalue weighted by atomic mass is 35.5. The predicted molar refractivity (Wildman–Crippen MR) is 88.0 cm³/mol. The fraction of sp³-hybridized carbons (Fsp3) is 0.286. The molecule has 1 aromatic carbocycles. The zero-order valence-electron chi connectivity index (χ0n) is 11.7. The Balaban J connectivity index is 0.00000200. The van der Waals surface area contributed by atoms with E-state index >= 15 is 0 Å². The minimum absolute atomic E-state index is 0. The molecule has 0 aliphatic carbocycles. The smallest absolute Gasteiger partial charge is 0.224 e. The first-order valence-corrected chi connectivity index (χ1v) is 7.01. The number of thiazole rings is 1. The van der Waals surface area contributed by atoms with E-state index < -0.39 is 0 Å². The van der Waals surface area contributed by atoms with Crippen molar-refractivity contribution in [2.24, 2.45) is 0 Å². The molecule has 20 heavy (non-hydrogen) atoms. The van der Waals surface area contributed by atoms with Crippen molar-refractivity contribution in [1.29, 1.82) is 0 Å². The Morgan fingerprint density at radius 3 is 2.45 bits per heavy atom. The lowest BCUT2D eigenvalue weighted by molar-refractivity contribution is -0.115. The Morgan fingerprint density at radius 2 is 1.95 bits per heavy atom. The van der Waals surface area contributed by atoms with Crippen molar-refractivity contribution in [2.45, 2.75) is 13.3 Å². The molecule has 0 unspecified atom stereocenters. The molecule has 2 rings (SSSR count). The lowest BCUT2D eigenvalue weighted by Gasteiger charge is -2.06. The molecule has 6 heteroatoms. The maximum Gasteiger partial charge on any atom is 0.224 e. The molecule has 0 fully saturated rings. The zero-order valence-corrected chi connectivity index (χ0v) is 13.3. The number of rotatable bonds is 4. The monoisotopic (exact) mass is 311 g/mol. The summed E-state index contributed by atoms with van der Waals surface area (Å²) in [6.45, 7) is 1.84. The summed E-state index contributed by atoms with van der Waals surface area (Å²) in [6.07, 6.45) is 0.486. The van der Waals surface area contributed by atoms with Gasteiger partial charge in [0.25, 0.3) is 0 Å². The molecule has 0 bridgehead atoms. The van der Waals surface area contributed by atoms with Crippen LogP contribution in [0.5, 0.6) is 0 Å². The van der Waals surface area contributed by atoms with E-state index in [2.05, 4.69) is 10.3 Å². The number of halogens is 1. The van der Waals surface area contributed by atoms with Gasteiger partial charge >= 0.3 is 0 Å². The number of carbonyl (C=O) groups is 1. The highest BCUT2D eigenvalue weighted by Gasteiger charge is 2.06. The summed E-state index contributed by atoms with van der Waals surface area (Å²) in [5.74, 6) is 0.0244. The van der Waals surface area contributed by atoms with E-state index in [4.69, 9.17) is 0 Å². The van der Waals surface area contributed by atoms with Gasteiger partial charge in [0.15, 0.2) is 5.13 Å². The molecule has 1 amide bonds. The topological polar surface area (TPSA) is 45.2 Å². The Hall–Kier alpha value is -1.59. The minimum Gasteiger partial charge on any atom is -0.354 e. The van der Waals surface area contributed by atoms with Gasteiger partial charge in [0.05, 0.1) is 5.69 Å². The van der Waals surface area contributed by atoms with Gasteiger partial charge in [-0.3, -0.25) is 4.79 Å². The van der Waals surface area contributed by atoms with E-state index in [1.165, 1.54) is 0 Å². The Bertz CT molecular complexity index is 566. The summed E-state index contributed by atoms with van der Waals surface area (Å²) in [7, 11) is 3.96. The molecule has 1 aromatic heterocycles. The molecule has 0 saturated carbocycles. The SMILES string of the molecule is CCC(=O)Nc1ccc(-c2csc(N(C)C)n2)cc1.Cl. The molecule has 0 radical (unpaired) electrons. The van der Waals surface area contributed by atoms with Crippen molar-refractivity contribution in [2.75, 3.05) is 24.3 Å². The molecule has 0 spiro atoms. The second kappa shape index (κ2) is 7.26. The quantitative estimate of drug-likeness (QED) is 0.937. The fourth-order valence-electron chi connectivity index (χ4n) is 1.58. The molecule has 0 aliphatic heterocycles. The highest BCUT2D eigenvalue weighted by molar-refractivity contribution is 7.14. The van der Waals surface area contributed by atoms with E-state index in [0.29, 0.717) is 6.42 Å². The summed E-state index contributed by atoms with van der Waals surface area (Å²) in [4.78, 5) is 17.8. The van der Waals surface area contributed by atoms with Crippen LogP contribution in [0.4, 0.5) is 10.8 Å². The van der Waals surface area contributed by atoms with Gasteiger partial charge < -0.3 is 10.2 Å². The van der Waals surface area contributed by atoms with Crippen LogP contribution in [0.2, 0.25) is 0 Å². The van der Waals surface area contributed by atoms with Gasteiger partial charge in [0.1, 0.15) is 0 Å². The van der Waals surface area contributed by atoms with Gasteiger partial charge in [-0.25, -0.2) is 4.98 Å². The number of hydrogen-bond donors (Lipinski definition) is 1. The van der Waals surface area contributed by atoms with E-state index in [1.54, 1.807) is 11.3 Å². The molecular formula is C14H18ClN3OS. The van der Waals surface area contributed by atoms with Crippen molar-refractivity contribution in [3.05, 3.63) is 29.6 Å². The second-order valence-corrected chi connectivity index (χ2v) is 5.23. The number of hydrogen-bond acceptors (Lipinski definition) is 4. The number of nitrogens with zero attached hydrogens (tertiary/aromatic N) is 2. The molecule has 4 nitrogen and oxygen atoms in total. The van der Waals surface area contributed by atoms with Crippen molar-refractivity contribution >= 4 is 40.5 Å². The average Bonchev–Trinajstić information content (AvgIpc) is 2.89. The number of anilines is 2. The third kappa shape index (κ3) is 3.95. The van der Waals surface area contributed by atoms with Crippen LogP contribution >= 0.6 is 23.7 Å². The number of nitrogens with one attached hydrogen (secondary N) is 1. The van der Waals surface area contributed by atoms with Gasteiger partial charge in [-0.15, -0.1) is 23.7 Å². The van der Waals surface area contributed by atoms with E-state index in [9.17, 15) is 4.79 Å². The summed E-state index contributed by atoms with van der Waals surface area (Å²) < 4.78 is 0. The summed E-state index contributed by atoms with van der Waals surface area (Å²) >= 11 is 1.62. The molecule has 1 N–H and O–H groups in total. The normalized spacial score (nSPS) is 9.75. The standard InChI is InChI=1S/C14H17N3OS.ClH/c1-4-13(18)15-11-7-5-10(6-8-11)12-9-19-14(16-12)17(2)3;/h5-9H,4H2,1-3H3,(H,15,18);1H. The van der Waals surface area contributed by atoms with Gasteiger partial charge in [0.2, 0.25) is 5.91 Å². The Morgan fingerprint density at radius 1 is 1.30 bits per heavy atom. The number of aromatic nitrogens is 1. The minimum atomic E-state index is 0. The molecule has 0 saturated heterocycles. The molecule has 0 atom stereocenters. The first kappa shape index (κ1) is 16.5. The number of carbonyl (C=O) groups excluding carboxylic acids is 1. The van der Waals surface area contributed by atoms with Gasteiger partial charge in [-0.1, -0.05) is 19.1 Å². The van der Waals surface area contributed by atoms with Gasteiger partial charge in [-0.2, -0.15) is 0 Å². The second-order valence-electron chi connectivity index (χ2n) is 4.39. The van der Waals surface area contributed by atoms with Crippen LogP contribution in [0.25, 0.3) is 11.3 Å².